The van der Waals surface area contributed by atoms with Crippen LogP contribution in [0, 0.1) is 6.92 Å². The summed E-state index contributed by atoms with van der Waals surface area (Å²) in [6.45, 7) is 1.71. The van der Waals surface area contributed by atoms with Gasteiger partial charge in [-0.05, 0) is 30.7 Å². The number of carboxylic acid groups (broad SMARTS) is 1. The number of anilines is 1. The van der Waals surface area contributed by atoms with Crippen LogP contribution in [0.3, 0.4) is 0 Å². The Morgan fingerprint density at radius 1 is 1.50 bits per heavy atom. The Hall–Kier alpha value is -2.63. The van der Waals surface area contributed by atoms with Crippen molar-refractivity contribution >= 4 is 17.6 Å². The molecule has 1 aromatic carbocycles. The first kappa shape index (κ1) is 12.4. The number of carbonyl (C=O) groups is 2. The van der Waals surface area contributed by atoms with Crippen LogP contribution in [0.1, 0.15) is 16.8 Å². The summed E-state index contributed by atoms with van der Waals surface area (Å²) in [6, 6.07) is 5.41. The molecule has 6 nitrogen and oxygen atoms in total. The summed E-state index contributed by atoms with van der Waals surface area (Å²) < 4.78 is 5.25. The Balaban J connectivity index is 2.04. The van der Waals surface area contributed by atoms with Crippen molar-refractivity contribution in [3.8, 4) is 11.3 Å². The highest BCUT2D eigenvalue weighted by Gasteiger charge is 2.21. The van der Waals surface area contributed by atoms with Crippen LogP contribution < -0.4 is 5.32 Å². The maximum Gasteiger partial charge on any atom is 0.308 e. The van der Waals surface area contributed by atoms with Crippen LogP contribution in [0.5, 0.6) is 0 Å². The number of aromatic nitrogens is 1. The summed E-state index contributed by atoms with van der Waals surface area (Å²) in [7, 11) is 0. The molecule has 1 amide bonds. The summed E-state index contributed by atoms with van der Waals surface area (Å²) in [5.41, 5.74) is 3.53. The summed E-state index contributed by atoms with van der Waals surface area (Å²) in [5, 5.41) is 15.5. The van der Waals surface area contributed by atoms with Crippen molar-refractivity contribution in [3.05, 3.63) is 35.0 Å². The molecular formula is C14H12N2O4. The van der Waals surface area contributed by atoms with E-state index in [9.17, 15) is 9.59 Å². The first-order valence-electron chi connectivity index (χ1n) is 6.14. The van der Waals surface area contributed by atoms with Gasteiger partial charge in [0.15, 0.2) is 5.76 Å². The van der Waals surface area contributed by atoms with Gasteiger partial charge in [0.25, 0.3) is 0 Å². The van der Waals surface area contributed by atoms with E-state index in [0.717, 1.165) is 16.8 Å². The lowest BCUT2D eigenvalue weighted by molar-refractivity contribution is -0.136. The van der Waals surface area contributed by atoms with Gasteiger partial charge in [0.2, 0.25) is 5.91 Å². The van der Waals surface area contributed by atoms with E-state index in [2.05, 4.69) is 10.5 Å². The molecule has 0 saturated heterocycles. The van der Waals surface area contributed by atoms with Crippen molar-refractivity contribution in [2.45, 2.75) is 19.8 Å². The molecule has 0 unspecified atom stereocenters. The number of nitrogens with one attached hydrogen (secondary N) is 1. The molecule has 1 aliphatic heterocycles. The number of aryl methyl sites for hydroxylation is 1. The minimum Gasteiger partial charge on any atom is -0.481 e. The number of hydrogen-bond donors (Lipinski definition) is 2. The van der Waals surface area contributed by atoms with E-state index < -0.39 is 5.97 Å². The summed E-state index contributed by atoms with van der Waals surface area (Å²) >= 11 is 0. The van der Waals surface area contributed by atoms with Crippen LogP contribution in [0.15, 0.2) is 22.7 Å². The Morgan fingerprint density at radius 2 is 2.30 bits per heavy atom. The molecule has 102 valence electrons. The van der Waals surface area contributed by atoms with Crippen molar-refractivity contribution in [3.63, 3.8) is 0 Å². The average molecular weight is 272 g/mol. The van der Waals surface area contributed by atoms with Crippen molar-refractivity contribution in [1.29, 1.82) is 0 Å². The second kappa shape index (κ2) is 4.48. The molecule has 2 heterocycles. The second-order valence-corrected chi connectivity index (χ2v) is 4.74. The number of amides is 1. The Kier molecular flexibility index (Phi) is 2.78. The topological polar surface area (TPSA) is 92.4 Å². The molecule has 6 heteroatoms. The van der Waals surface area contributed by atoms with Crippen LogP contribution in [0.25, 0.3) is 11.3 Å². The highest BCUT2D eigenvalue weighted by atomic mass is 16.5. The van der Waals surface area contributed by atoms with Gasteiger partial charge in [0.1, 0.15) is 0 Å². The van der Waals surface area contributed by atoms with Crippen molar-refractivity contribution in [1.82, 2.24) is 5.16 Å². The fraction of sp³-hybridized carbons (Fsp3) is 0.214. The normalized spacial score (nSPS) is 13.2. The van der Waals surface area contributed by atoms with E-state index in [1.165, 1.54) is 0 Å². The van der Waals surface area contributed by atoms with Crippen molar-refractivity contribution in [2.24, 2.45) is 0 Å². The molecule has 0 radical (unpaired) electrons. The molecule has 1 aromatic heterocycles. The van der Waals surface area contributed by atoms with Crippen LogP contribution in [-0.2, 0) is 22.4 Å². The number of rotatable bonds is 3. The summed E-state index contributed by atoms with van der Waals surface area (Å²) in [5.74, 6) is -0.528. The third-order valence-corrected chi connectivity index (χ3v) is 3.31. The van der Waals surface area contributed by atoms with E-state index in [4.69, 9.17) is 9.63 Å². The maximum absolute atomic E-state index is 11.3. The van der Waals surface area contributed by atoms with Gasteiger partial charge in [-0.1, -0.05) is 5.16 Å². The number of nitrogens with zero attached hydrogens (tertiary/aromatic N) is 1. The molecule has 2 N–H and O–H groups in total. The van der Waals surface area contributed by atoms with E-state index >= 15 is 0 Å². The summed E-state index contributed by atoms with van der Waals surface area (Å²) in [4.78, 5) is 22.2. The lowest BCUT2D eigenvalue weighted by Gasteiger charge is -2.03. The largest absolute Gasteiger partial charge is 0.481 e. The Morgan fingerprint density at radius 3 is 3.05 bits per heavy atom. The van der Waals surface area contributed by atoms with Gasteiger partial charge in [-0.25, -0.2) is 0 Å². The maximum atomic E-state index is 11.3. The third kappa shape index (κ3) is 2.05. The first-order valence-corrected chi connectivity index (χ1v) is 6.14. The van der Waals surface area contributed by atoms with Crippen molar-refractivity contribution < 1.29 is 19.2 Å². The van der Waals surface area contributed by atoms with E-state index in [0.29, 0.717) is 23.4 Å². The molecule has 0 spiro atoms. The molecular weight excluding hydrogens is 260 g/mol. The van der Waals surface area contributed by atoms with Gasteiger partial charge in [0, 0.05) is 16.8 Å². The number of carbonyl (C=O) groups excluding carboxylic acids is 1. The number of benzene rings is 1. The van der Waals surface area contributed by atoms with Crippen LogP contribution >= 0.6 is 0 Å². The van der Waals surface area contributed by atoms with Crippen LogP contribution in [0.2, 0.25) is 0 Å². The Labute approximate surface area is 114 Å². The smallest absolute Gasteiger partial charge is 0.308 e. The second-order valence-electron chi connectivity index (χ2n) is 4.74. The monoisotopic (exact) mass is 272 g/mol. The minimum atomic E-state index is -0.935. The van der Waals surface area contributed by atoms with E-state index in [1.807, 2.05) is 6.07 Å². The zero-order valence-corrected chi connectivity index (χ0v) is 10.8. The van der Waals surface area contributed by atoms with E-state index in [1.54, 1.807) is 19.1 Å². The van der Waals surface area contributed by atoms with Gasteiger partial charge >= 0.3 is 5.97 Å². The van der Waals surface area contributed by atoms with E-state index in [-0.39, 0.29) is 12.3 Å². The molecule has 3 rings (SSSR count). The third-order valence-electron chi connectivity index (χ3n) is 3.31. The summed E-state index contributed by atoms with van der Waals surface area (Å²) in [6.07, 6.45) is 0.184. The standard InChI is InChI=1S/C14H12N2O4/c1-7-10(6-13(18)19)14(20-16-7)8-2-3-11-9(4-8)5-12(17)15-11/h2-4H,5-6H2,1H3,(H,15,17)(H,18,19). The minimum absolute atomic E-state index is 0.0448. The van der Waals surface area contributed by atoms with Gasteiger partial charge in [-0.3, -0.25) is 9.59 Å². The molecule has 1 aliphatic rings. The molecule has 0 bridgehead atoms. The lowest BCUT2D eigenvalue weighted by atomic mass is 10.0. The zero-order chi connectivity index (χ0) is 14.3. The molecule has 2 aromatic rings. The van der Waals surface area contributed by atoms with Gasteiger partial charge in [0.05, 0.1) is 18.5 Å². The predicted octanol–water partition coefficient (Wildman–Crippen LogP) is 1.77. The zero-order valence-electron chi connectivity index (χ0n) is 10.8. The van der Waals surface area contributed by atoms with Crippen LogP contribution in [0.4, 0.5) is 5.69 Å². The van der Waals surface area contributed by atoms with Crippen LogP contribution in [-0.4, -0.2) is 22.1 Å². The molecule has 0 fully saturated rings. The first-order chi connectivity index (χ1) is 9.54. The quantitative estimate of drug-likeness (QED) is 0.888. The predicted molar refractivity (Wildman–Crippen MR) is 70.3 cm³/mol. The molecule has 0 aliphatic carbocycles. The average Bonchev–Trinajstić information content (AvgIpc) is 2.91. The molecule has 0 atom stereocenters. The number of aliphatic carboxylic acids is 1. The SMILES string of the molecule is Cc1noc(-c2ccc3c(c2)CC(=O)N3)c1CC(=O)O. The lowest BCUT2D eigenvalue weighted by Crippen LogP contribution is -2.03. The highest BCUT2D eigenvalue weighted by Crippen LogP contribution is 2.32. The van der Waals surface area contributed by atoms with Crippen molar-refractivity contribution in [2.75, 3.05) is 5.32 Å². The number of hydrogen-bond acceptors (Lipinski definition) is 4. The highest BCUT2D eigenvalue weighted by molar-refractivity contribution is 5.99. The van der Waals surface area contributed by atoms with Gasteiger partial charge in [-0.15, -0.1) is 0 Å². The van der Waals surface area contributed by atoms with Gasteiger partial charge in [-0.2, -0.15) is 0 Å². The number of carboxylic acids is 1. The van der Waals surface area contributed by atoms with Gasteiger partial charge < -0.3 is 14.9 Å². The fourth-order valence-electron chi connectivity index (χ4n) is 2.35. The number of fused-ring (bicyclic) bond motifs is 1. The molecule has 20 heavy (non-hydrogen) atoms. The fourth-order valence-corrected chi connectivity index (χ4v) is 2.35. The molecule has 0 saturated carbocycles. The Bertz CT molecular complexity index is 718.